The number of aliphatic carboxylic acids is 1. The normalized spacial score (nSPS) is 11.8. The van der Waals surface area contributed by atoms with Gasteiger partial charge in [0.2, 0.25) is 0 Å². The number of benzene rings is 2. The highest BCUT2D eigenvalue weighted by Gasteiger charge is 2.13. The van der Waals surface area contributed by atoms with Crippen LogP contribution in [0.3, 0.4) is 0 Å². The summed E-state index contributed by atoms with van der Waals surface area (Å²) in [6.45, 7) is 3.92. The van der Waals surface area contributed by atoms with Gasteiger partial charge in [-0.3, -0.25) is 9.59 Å². The number of hydrogen-bond donors (Lipinski definition) is 3. The zero-order chi connectivity index (χ0) is 17.0. The van der Waals surface area contributed by atoms with E-state index < -0.39 is 12.1 Å². The van der Waals surface area contributed by atoms with Gasteiger partial charge in [-0.2, -0.15) is 0 Å². The molecule has 0 aliphatic carbocycles. The first-order valence-electron chi connectivity index (χ1n) is 7.24. The van der Waals surface area contributed by atoms with Crippen molar-refractivity contribution in [1.82, 2.24) is 0 Å². The Morgan fingerprint density at radius 3 is 2.13 bits per heavy atom. The standard InChI is InChI=1S/C18H19NO4/c1-11-7-12(2)9-15(8-11)19-18(23)14-5-3-13(4-6-14)16(20)10-17(21)22/h3-9,16,20H,10H2,1-2H3,(H,19,23)(H,21,22). The average molecular weight is 313 g/mol. The number of hydrogen-bond acceptors (Lipinski definition) is 3. The van der Waals surface area contributed by atoms with Crippen molar-refractivity contribution in [3.63, 3.8) is 0 Å². The minimum absolute atomic E-state index is 0.255. The zero-order valence-electron chi connectivity index (χ0n) is 13.0. The molecule has 0 spiro atoms. The van der Waals surface area contributed by atoms with Crippen LogP contribution >= 0.6 is 0 Å². The summed E-state index contributed by atoms with van der Waals surface area (Å²) in [7, 11) is 0. The van der Waals surface area contributed by atoms with Crippen molar-refractivity contribution in [3.8, 4) is 0 Å². The molecule has 0 heterocycles. The van der Waals surface area contributed by atoms with E-state index in [1.54, 1.807) is 24.3 Å². The van der Waals surface area contributed by atoms with Crippen LogP contribution in [0, 0.1) is 13.8 Å². The highest BCUT2D eigenvalue weighted by atomic mass is 16.4. The van der Waals surface area contributed by atoms with E-state index in [2.05, 4.69) is 5.32 Å². The number of aryl methyl sites for hydroxylation is 2. The number of aliphatic hydroxyl groups is 1. The third-order valence-corrected chi connectivity index (χ3v) is 3.41. The lowest BCUT2D eigenvalue weighted by Gasteiger charge is -2.10. The molecule has 0 radical (unpaired) electrons. The molecule has 0 saturated carbocycles. The summed E-state index contributed by atoms with van der Waals surface area (Å²) in [5.74, 6) is -1.33. The Hall–Kier alpha value is -2.66. The fourth-order valence-corrected chi connectivity index (χ4v) is 2.39. The highest BCUT2D eigenvalue weighted by Crippen LogP contribution is 2.19. The molecular formula is C18H19NO4. The number of rotatable bonds is 5. The SMILES string of the molecule is Cc1cc(C)cc(NC(=O)c2ccc(C(O)CC(=O)O)cc2)c1. The van der Waals surface area contributed by atoms with Crippen LogP contribution in [0.15, 0.2) is 42.5 Å². The first kappa shape index (κ1) is 16.7. The van der Waals surface area contributed by atoms with E-state index in [9.17, 15) is 14.7 Å². The predicted molar refractivity (Wildman–Crippen MR) is 87.5 cm³/mol. The largest absolute Gasteiger partial charge is 0.481 e. The molecule has 0 fully saturated rings. The molecule has 5 nitrogen and oxygen atoms in total. The molecule has 1 unspecified atom stereocenters. The zero-order valence-corrected chi connectivity index (χ0v) is 13.0. The summed E-state index contributed by atoms with van der Waals surface area (Å²) < 4.78 is 0. The van der Waals surface area contributed by atoms with Gasteiger partial charge < -0.3 is 15.5 Å². The molecule has 0 aliphatic heterocycles. The Bertz CT molecular complexity index is 702. The van der Waals surface area contributed by atoms with E-state index in [0.717, 1.165) is 16.8 Å². The number of anilines is 1. The fraction of sp³-hybridized carbons (Fsp3) is 0.222. The molecule has 5 heteroatoms. The van der Waals surface area contributed by atoms with E-state index >= 15 is 0 Å². The Morgan fingerprint density at radius 1 is 1.04 bits per heavy atom. The fourth-order valence-electron chi connectivity index (χ4n) is 2.39. The maximum absolute atomic E-state index is 12.2. The van der Waals surface area contributed by atoms with Crippen molar-refractivity contribution in [2.24, 2.45) is 0 Å². The Morgan fingerprint density at radius 2 is 1.61 bits per heavy atom. The monoisotopic (exact) mass is 313 g/mol. The van der Waals surface area contributed by atoms with Gasteiger partial charge in [-0.15, -0.1) is 0 Å². The molecule has 2 aromatic carbocycles. The van der Waals surface area contributed by atoms with Crippen LogP contribution in [0.5, 0.6) is 0 Å². The number of aliphatic hydroxyl groups excluding tert-OH is 1. The summed E-state index contributed by atoms with van der Waals surface area (Å²) in [6, 6.07) is 12.0. The topological polar surface area (TPSA) is 86.6 Å². The van der Waals surface area contributed by atoms with Gasteiger partial charge in [-0.1, -0.05) is 18.2 Å². The minimum Gasteiger partial charge on any atom is -0.481 e. The maximum atomic E-state index is 12.2. The number of carbonyl (C=O) groups is 2. The lowest BCUT2D eigenvalue weighted by atomic mass is 10.0. The van der Waals surface area contributed by atoms with E-state index in [1.807, 2.05) is 32.0 Å². The second kappa shape index (κ2) is 7.07. The van der Waals surface area contributed by atoms with Crippen molar-refractivity contribution in [2.75, 3.05) is 5.32 Å². The van der Waals surface area contributed by atoms with Gasteiger partial charge in [-0.05, 0) is 54.8 Å². The first-order chi connectivity index (χ1) is 10.8. The maximum Gasteiger partial charge on any atom is 0.306 e. The average Bonchev–Trinajstić information content (AvgIpc) is 2.45. The third-order valence-electron chi connectivity index (χ3n) is 3.41. The molecule has 1 amide bonds. The van der Waals surface area contributed by atoms with Crippen molar-refractivity contribution >= 4 is 17.6 Å². The molecule has 120 valence electrons. The van der Waals surface area contributed by atoms with Crippen LogP contribution in [0.25, 0.3) is 0 Å². The molecule has 23 heavy (non-hydrogen) atoms. The summed E-state index contributed by atoms with van der Waals surface area (Å²) in [6.07, 6.45) is -1.45. The smallest absolute Gasteiger partial charge is 0.306 e. The van der Waals surface area contributed by atoms with Crippen molar-refractivity contribution in [2.45, 2.75) is 26.4 Å². The quantitative estimate of drug-likeness (QED) is 0.792. The minimum atomic E-state index is -1.08. The molecule has 0 aliphatic rings. The number of carboxylic acid groups (broad SMARTS) is 1. The number of carbonyl (C=O) groups excluding carboxylic acids is 1. The second-order valence-electron chi connectivity index (χ2n) is 5.57. The second-order valence-corrected chi connectivity index (χ2v) is 5.57. The Labute approximate surface area is 134 Å². The van der Waals surface area contributed by atoms with E-state index in [0.29, 0.717) is 11.1 Å². The third kappa shape index (κ3) is 4.66. The first-order valence-corrected chi connectivity index (χ1v) is 7.24. The van der Waals surface area contributed by atoms with E-state index in [4.69, 9.17) is 5.11 Å². The van der Waals surface area contributed by atoms with Gasteiger partial charge in [0.1, 0.15) is 0 Å². The summed E-state index contributed by atoms with van der Waals surface area (Å²) in [5.41, 5.74) is 3.76. The van der Waals surface area contributed by atoms with Gasteiger partial charge in [-0.25, -0.2) is 0 Å². The molecule has 3 N–H and O–H groups in total. The molecular weight excluding hydrogens is 294 g/mol. The van der Waals surface area contributed by atoms with Crippen LogP contribution in [0.1, 0.15) is 39.6 Å². The number of carboxylic acids is 1. The van der Waals surface area contributed by atoms with Crippen LogP contribution in [-0.2, 0) is 4.79 Å². The summed E-state index contributed by atoms with van der Waals surface area (Å²) >= 11 is 0. The van der Waals surface area contributed by atoms with Crippen LogP contribution in [-0.4, -0.2) is 22.1 Å². The van der Waals surface area contributed by atoms with Crippen molar-refractivity contribution < 1.29 is 19.8 Å². The lowest BCUT2D eigenvalue weighted by Crippen LogP contribution is -2.12. The molecule has 0 bridgehead atoms. The van der Waals surface area contributed by atoms with Gasteiger partial charge in [0.25, 0.3) is 5.91 Å². The number of amides is 1. The Kier molecular flexibility index (Phi) is 5.13. The lowest BCUT2D eigenvalue weighted by molar-refractivity contribution is -0.139. The van der Waals surface area contributed by atoms with Gasteiger partial charge in [0.15, 0.2) is 0 Å². The number of nitrogens with one attached hydrogen (secondary N) is 1. The summed E-state index contributed by atoms with van der Waals surface area (Å²) in [4.78, 5) is 22.8. The van der Waals surface area contributed by atoms with Gasteiger partial charge in [0, 0.05) is 11.3 Å². The molecule has 0 saturated heterocycles. The molecule has 0 aromatic heterocycles. The summed E-state index contributed by atoms with van der Waals surface area (Å²) in [5, 5.41) is 21.2. The molecule has 1 atom stereocenters. The molecule has 2 rings (SSSR count). The van der Waals surface area contributed by atoms with E-state index in [1.165, 1.54) is 0 Å². The van der Waals surface area contributed by atoms with Crippen LogP contribution < -0.4 is 5.32 Å². The van der Waals surface area contributed by atoms with Gasteiger partial charge >= 0.3 is 5.97 Å². The predicted octanol–water partition coefficient (Wildman–Crippen LogP) is 3.06. The van der Waals surface area contributed by atoms with Gasteiger partial charge in [0.05, 0.1) is 12.5 Å². The molecule has 2 aromatic rings. The van der Waals surface area contributed by atoms with Crippen LogP contribution in [0.4, 0.5) is 5.69 Å². The van der Waals surface area contributed by atoms with E-state index in [-0.39, 0.29) is 12.3 Å². The Balaban J connectivity index is 2.09. The van der Waals surface area contributed by atoms with Crippen molar-refractivity contribution in [1.29, 1.82) is 0 Å². The van der Waals surface area contributed by atoms with Crippen molar-refractivity contribution in [3.05, 3.63) is 64.7 Å². The highest BCUT2D eigenvalue weighted by molar-refractivity contribution is 6.04. The van der Waals surface area contributed by atoms with Crippen LogP contribution in [0.2, 0.25) is 0 Å².